The Labute approximate surface area is 146 Å². The molecule has 6 heteroatoms. The van der Waals surface area contributed by atoms with E-state index in [1.807, 2.05) is 29.6 Å². The number of amides is 1. The van der Waals surface area contributed by atoms with Gasteiger partial charge in [-0.25, -0.2) is 4.98 Å². The van der Waals surface area contributed by atoms with Gasteiger partial charge >= 0.3 is 0 Å². The standard InChI is InChI=1S/C18H23N3O2S/c1-23-15-4-2-3-13(11-15)5-10-20-17(22)16-12-24-18(21-16)14-6-8-19-9-7-14/h2-4,11-12,14,19H,5-10H2,1H3,(H,20,22). The van der Waals surface area contributed by atoms with E-state index < -0.39 is 0 Å². The summed E-state index contributed by atoms with van der Waals surface area (Å²) in [6.07, 6.45) is 2.98. The molecule has 1 amide bonds. The fourth-order valence-electron chi connectivity index (χ4n) is 2.89. The van der Waals surface area contributed by atoms with Gasteiger partial charge in [-0.05, 0) is 50.0 Å². The number of thiazole rings is 1. The van der Waals surface area contributed by atoms with Crippen LogP contribution in [0.4, 0.5) is 0 Å². The zero-order valence-electron chi connectivity index (χ0n) is 13.9. The first-order valence-electron chi connectivity index (χ1n) is 8.33. The third-order valence-corrected chi connectivity index (χ3v) is 5.28. The summed E-state index contributed by atoms with van der Waals surface area (Å²) in [5, 5.41) is 9.27. The number of carbonyl (C=O) groups is 1. The predicted molar refractivity (Wildman–Crippen MR) is 96.0 cm³/mol. The first-order chi connectivity index (χ1) is 11.8. The van der Waals surface area contributed by atoms with Crippen molar-refractivity contribution in [2.24, 2.45) is 0 Å². The van der Waals surface area contributed by atoms with E-state index in [0.29, 0.717) is 18.2 Å². The number of hydrogen-bond acceptors (Lipinski definition) is 5. The van der Waals surface area contributed by atoms with Crippen molar-refractivity contribution in [1.82, 2.24) is 15.6 Å². The van der Waals surface area contributed by atoms with Gasteiger partial charge in [-0.3, -0.25) is 4.79 Å². The second-order valence-electron chi connectivity index (χ2n) is 5.95. The minimum atomic E-state index is -0.0886. The van der Waals surface area contributed by atoms with Crippen molar-refractivity contribution in [2.45, 2.75) is 25.2 Å². The fourth-order valence-corrected chi connectivity index (χ4v) is 3.86. The molecule has 3 rings (SSSR count). The number of rotatable bonds is 6. The Hall–Kier alpha value is -1.92. The van der Waals surface area contributed by atoms with Gasteiger partial charge in [0.15, 0.2) is 0 Å². The first-order valence-corrected chi connectivity index (χ1v) is 9.21. The summed E-state index contributed by atoms with van der Waals surface area (Å²) < 4.78 is 5.21. The number of piperidine rings is 1. The lowest BCUT2D eigenvalue weighted by Crippen LogP contribution is -2.27. The summed E-state index contributed by atoms with van der Waals surface area (Å²) in [5.74, 6) is 1.24. The van der Waals surface area contributed by atoms with Crippen molar-refractivity contribution in [2.75, 3.05) is 26.7 Å². The second-order valence-corrected chi connectivity index (χ2v) is 6.84. The second kappa shape index (κ2) is 8.26. The summed E-state index contributed by atoms with van der Waals surface area (Å²) in [7, 11) is 1.66. The monoisotopic (exact) mass is 345 g/mol. The molecule has 24 heavy (non-hydrogen) atoms. The molecule has 2 N–H and O–H groups in total. The van der Waals surface area contributed by atoms with E-state index in [9.17, 15) is 4.79 Å². The zero-order valence-corrected chi connectivity index (χ0v) is 14.7. The smallest absolute Gasteiger partial charge is 0.270 e. The molecule has 0 radical (unpaired) electrons. The molecule has 1 aliphatic rings. The van der Waals surface area contributed by atoms with E-state index in [1.54, 1.807) is 18.4 Å². The Morgan fingerprint density at radius 3 is 3.04 bits per heavy atom. The maximum atomic E-state index is 12.3. The lowest BCUT2D eigenvalue weighted by atomic mass is 9.99. The lowest BCUT2D eigenvalue weighted by Gasteiger charge is -2.20. The molecular formula is C18H23N3O2S. The normalized spacial score (nSPS) is 15.2. The van der Waals surface area contributed by atoms with Gasteiger partial charge in [0.1, 0.15) is 11.4 Å². The lowest BCUT2D eigenvalue weighted by molar-refractivity contribution is 0.0949. The van der Waals surface area contributed by atoms with Crippen molar-refractivity contribution in [1.29, 1.82) is 0 Å². The molecule has 0 unspecified atom stereocenters. The molecule has 2 aromatic rings. The molecule has 1 aromatic carbocycles. The number of nitrogens with zero attached hydrogens (tertiary/aromatic N) is 1. The molecule has 0 atom stereocenters. The minimum Gasteiger partial charge on any atom is -0.497 e. The van der Waals surface area contributed by atoms with E-state index >= 15 is 0 Å². The molecule has 0 saturated carbocycles. The average Bonchev–Trinajstić information content (AvgIpc) is 3.13. The maximum absolute atomic E-state index is 12.3. The van der Waals surface area contributed by atoms with Crippen LogP contribution in [0, 0.1) is 0 Å². The van der Waals surface area contributed by atoms with Crippen molar-refractivity contribution in [3.05, 3.63) is 45.9 Å². The number of methoxy groups -OCH3 is 1. The van der Waals surface area contributed by atoms with Crippen molar-refractivity contribution < 1.29 is 9.53 Å². The fraction of sp³-hybridized carbons (Fsp3) is 0.444. The summed E-state index contributed by atoms with van der Waals surface area (Å²) in [6, 6.07) is 7.90. The molecule has 5 nitrogen and oxygen atoms in total. The van der Waals surface area contributed by atoms with Crippen molar-refractivity contribution in [3.8, 4) is 5.75 Å². The van der Waals surface area contributed by atoms with Gasteiger partial charge in [0, 0.05) is 17.8 Å². The van der Waals surface area contributed by atoms with Gasteiger partial charge in [0.2, 0.25) is 0 Å². The Kier molecular flexibility index (Phi) is 5.82. The van der Waals surface area contributed by atoms with Crippen LogP contribution in [-0.2, 0) is 6.42 Å². The van der Waals surface area contributed by atoms with Crippen LogP contribution >= 0.6 is 11.3 Å². The Morgan fingerprint density at radius 2 is 2.25 bits per heavy atom. The number of aromatic nitrogens is 1. The van der Waals surface area contributed by atoms with Gasteiger partial charge < -0.3 is 15.4 Å². The van der Waals surface area contributed by atoms with Gasteiger partial charge in [-0.2, -0.15) is 0 Å². The van der Waals surface area contributed by atoms with Gasteiger partial charge in [-0.15, -0.1) is 11.3 Å². The van der Waals surface area contributed by atoms with Crippen LogP contribution in [0.3, 0.4) is 0 Å². The average molecular weight is 345 g/mol. The Balaban J connectivity index is 1.50. The van der Waals surface area contributed by atoms with E-state index in [0.717, 1.165) is 48.7 Å². The topological polar surface area (TPSA) is 63.2 Å². The molecule has 1 saturated heterocycles. The number of hydrogen-bond donors (Lipinski definition) is 2. The third-order valence-electron chi connectivity index (χ3n) is 4.28. The SMILES string of the molecule is COc1cccc(CCNC(=O)c2csc(C3CCNCC3)n2)c1. The summed E-state index contributed by atoms with van der Waals surface area (Å²) >= 11 is 1.60. The summed E-state index contributed by atoms with van der Waals surface area (Å²) in [4.78, 5) is 16.8. The largest absolute Gasteiger partial charge is 0.497 e. The predicted octanol–water partition coefficient (Wildman–Crippen LogP) is 2.59. The molecular weight excluding hydrogens is 322 g/mol. The molecule has 128 valence electrons. The minimum absolute atomic E-state index is 0.0886. The molecule has 0 aliphatic carbocycles. The third kappa shape index (κ3) is 4.33. The van der Waals surface area contributed by atoms with E-state index in [1.165, 1.54) is 0 Å². The molecule has 1 aromatic heterocycles. The van der Waals surface area contributed by atoms with Crippen LogP contribution in [0.1, 0.15) is 39.8 Å². The van der Waals surface area contributed by atoms with Crippen molar-refractivity contribution in [3.63, 3.8) is 0 Å². The molecule has 0 bridgehead atoms. The van der Waals surface area contributed by atoms with Crippen LogP contribution in [0.15, 0.2) is 29.6 Å². The maximum Gasteiger partial charge on any atom is 0.270 e. The molecule has 2 heterocycles. The molecule has 0 spiro atoms. The highest BCUT2D eigenvalue weighted by Gasteiger charge is 2.20. The van der Waals surface area contributed by atoms with E-state index in [-0.39, 0.29) is 5.91 Å². The van der Waals surface area contributed by atoms with Crippen LogP contribution in [0.2, 0.25) is 0 Å². The van der Waals surface area contributed by atoms with E-state index in [2.05, 4.69) is 15.6 Å². The Bertz CT molecular complexity index is 680. The highest BCUT2D eigenvalue weighted by atomic mass is 32.1. The zero-order chi connectivity index (χ0) is 16.8. The van der Waals surface area contributed by atoms with Crippen molar-refractivity contribution >= 4 is 17.2 Å². The van der Waals surface area contributed by atoms with Gasteiger partial charge in [0.25, 0.3) is 5.91 Å². The van der Waals surface area contributed by atoms with Crippen LogP contribution < -0.4 is 15.4 Å². The highest BCUT2D eigenvalue weighted by molar-refractivity contribution is 7.09. The number of nitrogens with one attached hydrogen (secondary N) is 2. The van der Waals surface area contributed by atoms with Gasteiger partial charge in [0.05, 0.1) is 12.1 Å². The number of ether oxygens (including phenoxy) is 1. The van der Waals surface area contributed by atoms with Gasteiger partial charge in [-0.1, -0.05) is 12.1 Å². The molecule has 1 aliphatic heterocycles. The quantitative estimate of drug-likeness (QED) is 0.845. The number of benzene rings is 1. The van der Waals surface area contributed by atoms with Crippen LogP contribution in [0.5, 0.6) is 5.75 Å². The number of carbonyl (C=O) groups excluding carboxylic acids is 1. The van der Waals surface area contributed by atoms with E-state index in [4.69, 9.17) is 4.74 Å². The summed E-state index contributed by atoms with van der Waals surface area (Å²) in [6.45, 7) is 2.66. The van der Waals surface area contributed by atoms with Crippen LogP contribution in [-0.4, -0.2) is 37.6 Å². The molecule has 1 fully saturated rings. The van der Waals surface area contributed by atoms with Crippen LogP contribution in [0.25, 0.3) is 0 Å². The Morgan fingerprint density at radius 1 is 1.42 bits per heavy atom. The first kappa shape index (κ1) is 16.9. The highest BCUT2D eigenvalue weighted by Crippen LogP contribution is 2.27. The summed E-state index contributed by atoms with van der Waals surface area (Å²) in [5.41, 5.74) is 1.68.